The molecule has 46 heavy (non-hydrogen) atoms. The van der Waals surface area contributed by atoms with Gasteiger partial charge in [0.25, 0.3) is 0 Å². The largest absolute Gasteiger partial charge is 0.361 e. The maximum absolute atomic E-state index is 2.78. The fourth-order valence-electron chi connectivity index (χ4n) is 8.61. The molecule has 0 heterocycles. The number of hydrogen-bond donors (Lipinski definition) is 0. The zero-order chi connectivity index (χ0) is 30.7. The van der Waals surface area contributed by atoms with Gasteiger partial charge in [0.1, 0.15) is 0 Å². The molecule has 0 spiro atoms. The van der Waals surface area contributed by atoms with E-state index in [1.807, 2.05) is 0 Å². The van der Waals surface area contributed by atoms with Crippen molar-refractivity contribution in [2.75, 3.05) is 4.90 Å². The average molecular weight is 603 g/mol. The van der Waals surface area contributed by atoms with Crippen LogP contribution >= 0.6 is 0 Å². The van der Waals surface area contributed by atoms with Crippen molar-refractivity contribution >= 4 is 16.9 Å². The summed E-state index contributed by atoms with van der Waals surface area (Å²) >= 11 is 0. The van der Waals surface area contributed by atoms with Crippen LogP contribution in [0.1, 0.15) is 85.2 Å². The van der Waals surface area contributed by atoms with Crippen molar-refractivity contribution in [3.8, 4) is 0 Å². The van der Waals surface area contributed by atoms with Crippen molar-refractivity contribution in [2.45, 2.75) is 88.8 Å². The molecule has 0 saturated heterocycles. The molecule has 232 valence electrons. The molecule has 0 N–H and O–H groups in total. The summed E-state index contributed by atoms with van der Waals surface area (Å²) in [5.41, 5.74) is 13.2. The Bertz CT molecular complexity index is 1750. The second kappa shape index (κ2) is 13.2. The van der Waals surface area contributed by atoms with Crippen LogP contribution in [0.15, 0.2) is 133 Å². The molecule has 5 aliphatic rings. The monoisotopic (exact) mass is 602 g/mol. The highest BCUT2D eigenvalue weighted by molar-refractivity contribution is 5.74. The fourth-order valence-corrected chi connectivity index (χ4v) is 8.61. The normalized spacial score (nSPS) is 23.3. The predicted molar refractivity (Wildman–Crippen MR) is 194 cm³/mol. The molecule has 2 heteroatoms. The average Bonchev–Trinajstić information content (AvgIpc) is 3.14. The number of nitrogens with zero attached hydrogens (tertiary/aromatic N) is 2. The van der Waals surface area contributed by atoms with Gasteiger partial charge in [0.2, 0.25) is 0 Å². The lowest BCUT2D eigenvalue weighted by Crippen LogP contribution is -2.38. The third-order valence-electron chi connectivity index (χ3n) is 10.9. The number of anilines is 2. The van der Waals surface area contributed by atoms with Crippen LogP contribution in [0.3, 0.4) is 0 Å². The van der Waals surface area contributed by atoms with Crippen LogP contribution in [-0.4, -0.2) is 17.0 Å². The van der Waals surface area contributed by atoms with Crippen LogP contribution in [-0.2, 0) is 19.3 Å². The molecular formula is C44H46N2. The Morgan fingerprint density at radius 2 is 1.35 bits per heavy atom. The molecule has 3 aromatic rings. The van der Waals surface area contributed by atoms with Gasteiger partial charge in [-0.25, -0.2) is 0 Å². The number of allylic oxidation sites excluding steroid dienone is 8. The molecule has 0 bridgehead atoms. The first-order chi connectivity index (χ1) is 22.8. The lowest BCUT2D eigenvalue weighted by atomic mass is 9.84. The van der Waals surface area contributed by atoms with Gasteiger partial charge in [-0.2, -0.15) is 0 Å². The van der Waals surface area contributed by atoms with Crippen molar-refractivity contribution in [2.24, 2.45) is 0 Å². The molecule has 5 aliphatic carbocycles. The molecule has 0 radical (unpaired) electrons. The Labute approximate surface area is 275 Å². The van der Waals surface area contributed by atoms with E-state index < -0.39 is 0 Å². The lowest BCUT2D eigenvalue weighted by Gasteiger charge is -2.44. The summed E-state index contributed by atoms with van der Waals surface area (Å²) < 4.78 is 0. The molecule has 0 amide bonds. The molecule has 3 atom stereocenters. The first-order valence-electron chi connectivity index (χ1n) is 17.8. The van der Waals surface area contributed by atoms with Gasteiger partial charge in [-0.1, -0.05) is 103 Å². The lowest BCUT2D eigenvalue weighted by molar-refractivity contribution is 0.186. The number of rotatable bonds is 7. The van der Waals surface area contributed by atoms with Crippen molar-refractivity contribution in [3.63, 3.8) is 0 Å². The van der Waals surface area contributed by atoms with Gasteiger partial charge in [-0.3, -0.25) is 0 Å². The smallest absolute Gasteiger partial charge is 0.0559 e. The molecule has 3 unspecified atom stereocenters. The standard InChI is InChI=1S/C44H46N2/c1-3-17-37(18-4-1)45(43-23-11-15-35-13-7-9-21-41(35)43)39-29-25-33(26-30-39)34-27-31-40(32-28-34)46(38-19-5-2-6-20-38)44-24-12-16-36-14-8-10-22-42(36)44/h1-7,9,12-13,16-17,19,21,24-25,27-29,31-32,37-38,43H,8,10-11,14-15,18,20,22-23,26,30H2. The number of fused-ring (bicyclic) bond motifs is 2. The third kappa shape index (κ3) is 5.75. The fraction of sp³-hybridized carbons (Fsp3) is 0.318. The zero-order valence-corrected chi connectivity index (χ0v) is 27.0. The SMILES string of the molecule is C1=CCC(N(c2ccc(C3=CC=C(N(C4C=CC=CC4)C4CCCc5ccccc54)CC3)cc2)c2cccc3c2CCCC3)C=C1. The van der Waals surface area contributed by atoms with Crippen LogP contribution in [0.25, 0.3) is 5.57 Å². The van der Waals surface area contributed by atoms with Gasteiger partial charge in [0, 0.05) is 17.1 Å². The summed E-state index contributed by atoms with van der Waals surface area (Å²) in [5, 5.41) is 0. The predicted octanol–water partition coefficient (Wildman–Crippen LogP) is 10.9. The molecule has 0 aliphatic heterocycles. The van der Waals surface area contributed by atoms with Gasteiger partial charge in [-0.15, -0.1) is 0 Å². The zero-order valence-electron chi connectivity index (χ0n) is 27.0. The Balaban J connectivity index is 1.09. The van der Waals surface area contributed by atoms with Crippen LogP contribution in [0, 0.1) is 0 Å². The number of aryl methyl sites for hydroxylation is 2. The molecule has 3 aromatic carbocycles. The van der Waals surface area contributed by atoms with Crippen molar-refractivity contribution in [3.05, 3.63) is 161 Å². The maximum atomic E-state index is 2.78. The highest BCUT2D eigenvalue weighted by atomic mass is 15.2. The molecule has 2 nitrogen and oxygen atoms in total. The molecule has 0 aromatic heterocycles. The van der Waals surface area contributed by atoms with E-state index in [1.165, 1.54) is 84.3 Å². The minimum Gasteiger partial charge on any atom is -0.361 e. The molecule has 8 rings (SSSR count). The van der Waals surface area contributed by atoms with E-state index in [0.29, 0.717) is 18.1 Å². The van der Waals surface area contributed by atoms with Gasteiger partial charge in [-0.05, 0) is 128 Å². The van der Waals surface area contributed by atoms with Crippen molar-refractivity contribution < 1.29 is 0 Å². The minimum absolute atomic E-state index is 0.336. The van der Waals surface area contributed by atoms with Gasteiger partial charge >= 0.3 is 0 Å². The van der Waals surface area contributed by atoms with E-state index in [1.54, 1.807) is 11.1 Å². The third-order valence-corrected chi connectivity index (χ3v) is 10.9. The first kappa shape index (κ1) is 29.1. The molecular weight excluding hydrogens is 556 g/mol. The van der Waals surface area contributed by atoms with E-state index in [4.69, 9.17) is 0 Å². The second-order valence-corrected chi connectivity index (χ2v) is 13.6. The topological polar surface area (TPSA) is 6.48 Å². The highest BCUT2D eigenvalue weighted by Gasteiger charge is 2.32. The first-order valence-corrected chi connectivity index (χ1v) is 17.8. The summed E-state index contributed by atoms with van der Waals surface area (Å²) in [7, 11) is 0. The summed E-state index contributed by atoms with van der Waals surface area (Å²) in [6.45, 7) is 0. The maximum Gasteiger partial charge on any atom is 0.0559 e. The van der Waals surface area contributed by atoms with E-state index in [0.717, 1.165) is 25.7 Å². The van der Waals surface area contributed by atoms with E-state index in [-0.39, 0.29) is 0 Å². The molecule has 0 saturated carbocycles. The Morgan fingerprint density at radius 3 is 2.13 bits per heavy atom. The quantitative estimate of drug-likeness (QED) is 0.265. The minimum atomic E-state index is 0.336. The van der Waals surface area contributed by atoms with Crippen LogP contribution in [0.2, 0.25) is 0 Å². The van der Waals surface area contributed by atoms with Gasteiger partial charge in [0.15, 0.2) is 0 Å². The van der Waals surface area contributed by atoms with Gasteiger partial charge < -0.3 is 9.80 Å². The summed E-state index contributed by atoms with van der Waals surface area (Å²) in [6.07, 6.45) is 36.1. The Kier molecular flexibility index (Phi) is 8.36. The Morgan fingerprint density at radius 1 is 0.587 bits per heavy atom. The van der Waals surface area contributed by atoms with E-state index in [2.05, 4.69) is 137 Å². The summed E-state index contributed by atoms with van der Waals surface area (Å²) in [5.74, 6) is 0. The van der Waals surface area contributed by atoms with E-state index in [9.17, 15) is 0 Å². The summed E-state index contributed by atoms with van der Waals surface area (Å²) in [4.78, 5) is 5.38. The second-order valence-electron chi connectivity index (χ2n) is 13.6. The summed E-state index contributed by atoms with van der Waals surface area (Å²) in [6, 6.07) is 26.8. The van der Waals surface area contributed by atoms with Crippen LogP contribution in [0.4, 0.5) is 11.4 Å². The number of benzene rings is 3. The number of hydrogen-bond acceptors (Lipinski definition) is 2. The van der Waals surface area contributed by atoms with Crippen LogP contribution < -0.4 is 4.90 Å². The molecule has 0 fully saturated rings. The highest BCUT2D eigenvalue weighted by Crippen LogP contribution is 2.42. The van der Waals surface area contributed by atoms with E-state index >= 15 is 0 Å². The van der Waals surface area contributed by atoms with Crippen molar-refractivity contribution in [1.82, 2.24) is 4.90 Å². The van der Waals surface area contributed by atoms with Gasteiger partial charge in [0.05, 0.1) is 18.1 Å². The van der Waals surface area contributed by atoms with Crippen LogP contribution in [0.5, 0.6) is 0 Å². The van der Waals surface area contributed by atoms with Crippen molar-refractivity contribution in [1.29, 1.82) is 0 Å². The Hall–Kier alpha value is -4.30.